The zero-order chi connectivity index (χ0) is 16.3. The van der Waals surface area contributed by atoms with E-state index in [0.29, 0.717) is 12.4 Å². The van der Waals surface area contributed by atoms with Crippen molar-refractivity contribution in [2.45, 2.75) is 33.1 Å². The van der Waals surface area contributed by atoms with Crippen LogP contribution in [0.4, 0.5) is 5.69 Å². The number of carbonyl (C=O) groups excluding carboxylic acids is 2. The van der Waals surface area contributed by atoms with Crippen LogP contribution >= 0.6 is 0 Å². The topological polar surface area (TPSA) is 64.6 Å². The summed E-state index contributed by atoms with van der Waals surface area (Å²) >= 11 is 0. The minimum absolute atomic E-state index is 0.0212. The minimum Gasteiger partial charge on any atom is -0.489 e. The average molecular weight is 303 g/mol. The minimum atomic E-state index is -0.613. The van der Waals surface area contributed by atoms with Crippen molar-refractivity contribution in [2.75, 3.05) is 18.5 Å². The van der Waals surface area contributed by atoms with E-state index in [1.54, 1.807) is 12.2 Å². The molecule has 1 amide bonds. The second kappa shape index (κ2) is 6.22. The van der Waals surface area contributed by atoms with Crippen LogP contribution in [-0.2, 0) is 19.7 Å². The van der Waals surface area contributed by atoms with Crippen molar-refractivity contribution < 1.29 is 19.1 Å². The second-order valence-corrected chi connectivity index (χ2v) is 5.79. The summed E-state index contributed by atoms with van der Waals surface area (Å²) in [5, 5.41) is 2.93. The van der Waals surface area contributed by atoms with Gasteiger partial charge >= 0.3 is 5.97 Å². The maximum absolute atomic E-state index is 12.1. The van der Waals surface area contributed by atoms with Crippen LogP contribution in [0.15, 0.2) is 24.3 Å². The number of rotatable bonds is 5. The van der Waals surface area contributed by atoms with Crippen LogP contribution < -0.4 is 10.1 Å². The molecular formula is C17H21NO4. The first kappa shape index (κ1) is 16.1. The normalized spacial score (nSPS) is 15.5. The lowest BCUT2D eigenvalue weighted by Crippen LogP contribution is -2.27. The van der Waals surface area contributed by atoms with Gasteiger partial charge < -0.3 is 14.8 Å². The molecule has 0 aromatic heterocycles. The van der Waals surface area contributed by atoms with Gasteiger partial charge in [0.15, 0.2) is 0 Å². The Hall–Kier alpha value is -2.30. The summed E-state index contributed by atoms with van der Waals surface area (Å²) in [5.74, 6) is 0.362. The Balaban J connectivity index is 2.09. The molecule has 1 aliphatic heterocycles. The molecule has 0 spiro atoms. The molecule has 5 heteroatoms. The molecule has 1 heterocycles. The highest BCUT2D eigenvalue weighted by Crippen LogP contribution is 2.44. The van der Waals surface area contributed by atoms with Crippen LogP contribution in [0.2, 0.25) is 0 Å². The predicted octanol–water partition coefficient (Wildman–Crippen LogP) is 2.72. The van der Waals surface area contributed by atoms with Crippen molar-refractivity contribution in [2.24, 2.45) is 0 Å². The van der Waals surface area contributed by atoms with Gasteiger partial charge in [0.25, 0.3) is 0 Å². The van der Waals surface area contributed by atoms with Crippen LogP contribution in [0.5, 0.6) is 5.75 Å². The molecule has 0 saturated heterocycles. The number of ether oxygens (including phenoxy) is 2. The van der Waals surface area contributed by atoms with Crippen molar-refractivity contribution in [1.82, 2.24) is 0 Å². The van der Waals surface area contributed by atoms with E-state index in [4.69, 9.17) is 9.47 Å². The fourth-order valence-electron chi connectivity index (χ4n) is 2.41. The number of nitrogens with one attached hydrogen (secondary N) is 1. The largest absolute Gasteiger partial charge is 0.489 e. The summed E-state index contributed by atoms with van der Waals surface area (Å²) in [6, 6.07) is 3.81. The smallest absolute Gasteiger partial charge is 0.302 e. The first-order valence-corrected chi connectivity index (χ1v) is 7.20. The average Bonchev–Trinajstić information content (AvgIpc) is 2.68. The highest BCUT2D eigenvalue weighted by Gasteiger charge is 2.41. The lowest BCUT2D eigenvalue weighted by Gasteiger charge is -2.19. The highest BCUT2D eigenvalue weighted by molar-refractivity contribution is 6.07. The van der Waals surface area contributed by atoms with Crippen molar-refractivity contribution in [1.29, 1.82) is 0 Å². The summed E-state index contributed by atoms with van der Waals surface area (Å²) in [5.41, 5.74) is 2.15. The molecule has 0 unspecified atom stereocenters. The summed E-state index contributed by atoms with van der Waals surface area (Å²) in [4.78, 5) is 22.7. The molecule has 1 aliphatic rings. The number of fused-ring (bicyclic) bond motifs is 1. The van der Waals surface area contributed by atoms with Gasteiger partial charge in [-0.1, -0.05) is 6.07 Å². The number of hydrogen-bond donors (Lipinski definition) is 1. The molecule has 22 heavy (non-hydrogen) atoms. The Bertz CT molecular complexity index is 632. The van der Waals surface area contributed by atoms with Crippen molar-refractivity contribution in [3.8, 4) is 5.75 Å². The lowest BCUT2D eigenvalue weighted by atomic mass is 9.85. The van der Waals surface area contributed by atoms with Crippen molar-refractivity contribution in [3.05, 3.63) is 35.4 Å². The van der Waals surface area contributed by atoms with E-state index in [0.717, 1.165) is 16.8 Å². The Morgan fingerprint density at radius 3 is 2.64 bits per heavy atom. The summed E-state index contributed by atoms with van der Waals surface area (Å²) in [6.07, 6.45) is 3.51. The highest BCUT2D eigenvalue weighted by atomic mass is 16.5. The van der Waals surface area contributed by atoms with E-state index in [1.807, 2.05) is 32.9 Å². The van der Waals surface area contributed by atoms with Gasteiger partial charge in [-0.2, -0.15) is 0 Å². The Morgan fingerprint density at radius 1 is 1.27 bits per heavy atom. The molecule has 0 atom stereocenters. The van der Waals surface area contributed by atoms with E-state index >= 15 is 0 Å². The second-order valence-electron chi connectivity index (χ2n) is 5.79. The number of carbonyl (C=O) groups is 2. The molecule has 5 nitrogen and oxygen atoms in total. The Kier molecular flexibility index (Phi) is 4.54. The van der Waals surface area contributed by atoms with Crippen molar-refractivity contribution in [3.63, 3.8) is 0 Å². The van der Waals surface area contributed by atoms with Gasteiger partial charge in [-0.3, -0.25) is 9.59 Å². The molecule has 0 radical (unpaired) electrons. The maximum atomic E-state index is 12.1. The first-order valence-electron chi connectivity index (χ1n) is 7.20. The third-order valence-electron chi connectivity index (χ3n) is 3.69. The van der Waals surface area contributed by atoms with Crippen LogP contribution in [-0.4, -0.2) is 25.1 Å². The van der Waals surface area contributed by atoms with Gasteiger partial charge in [0.1, 0.15) is 19.0 Å². The van der Waals surface area contributed by atoms with E-state index in [9.17, 15) is 9.59 Å². The molecule has 1 N–H and O–H groups in total. The maximum Gasteiger partial charge on any atom is 0.302 e. The van der Waals surface area contributed by atoms with Crippen LogP contribution in [0.1, 0.15) is 31.9 Å². The lowest BCUT2D eigenvalue weighted by molar-refractivity contribution is -0.139. The third kappa shape index (κ3) is 3.13. The Morgan fingerprint density at radius 2 is 1.95 bits per heavy atom. The van der Waals surface area contributed by atoms with Gasteiger partial charge in [0.05, 0.1) is 11.1 Å². The summed E-state index contributed by atoms with van der Waals surface area (Å²) < 4.78 is 10.6. The SMILES string of the molecule is CC(=O)OCC=CCOc1ccc(C)c2c1C(C)(C)C(=O)N2. The monoisotopic (exact) mass is 303 g/mol. The van der Waals surface area contributed by atoms with E-state index < -0.39 is 5.41 Å². The van der Waals surface area contributed by atoms with E-state index in [-0.39, 0.29) is 18.5 Å². The molecule has 1 aromatic rings. The number of anilines is 1. The number of hydrogen-bond acceptors (Lipinski definition) is 4. The molecule has 0 bridgehead atoms. The van der Waals surface area contributed by atoms with Crippen LogP contribution in [0, 0.1) is 6.92 Å². The van der Waals surface area contributed by atoms with Gasteiger partial charge in [0.2, 0.25) is 5.91 Å². The standard InChI is InChI=1S/C17H21NO4/c1-11-7-8-13(22-10-6-5-9-21-12(2)19)14-15(11)18-16(20)17(14,3)4/h5-8H,9-10H2,1-4H3,(H,18,20). The van der Waals surface area contributed by atoms with Crippen molar-refractivity contribution >= 4 is 17.6 Å². The summed E-state index contributed by atoms with van der Waals surface area (Å²) in [6.45, 7) is 7.68. The molecule has 0 saturated carbocycles. The molecule has 0 aliphatic carbocycles. The molecule has 0 fully saturated rings. The third-order valence-corrected chi connectivity index (χ3v) is 3.69. The van der Waals surface area contributed by atoms with Gasteiger partial charge in [-0.05, 0) is 44.6 Å². The fraction of sp³-hybridized carbons (Fsp3) is 0.412. The van der Waals surface area contributed by atoms with Gasteiger partial charge in [0, 0.05) is 12.5 Å². The Labute approximate surface area is 130 Å². The number of benzene rings is 1. The number of aryl methyl sites for hydroxylation is 1. The quantitative estimate of drug-likeness (QED) is 0.671. The van der Waals surface area contributed by atoms with Crippen LogP contribution in [0.25, 0.3) is 0 Å². The van der Waals surface area contributed by atoms with Gasteiger partial charge in [-0.15, -0.1) is 0 Å². The molecule has 118 valence electrons. The summed E-state index contributed by atoms with van der Waals surface area (Å²) in [7, 11) is 0. The first-order chi connectivity index (χ1) is 10.3. The fourth-order valence-corrected chi connectivity index (χ4v) is 2.41. The predicted molar refractivity (Wildman–Crippen MR) is 84.1 cm³/mol. The number of esters is 1. The number of amides is 1. The van der Waals surface area contributed by atoms with E-state index in [2.05, 4.69) is 5.32 Å². The molecular weight excluding hydrogens is 282 g/mol. The van der Waals surface area contributed by atoms with Gasteiger partial charge in [-0.25, -0.2) is 0 Å². The zero-order valence-electron chi connectivity index (χ0n) is 13.4. The van der Waals surface area contributed by atoms with Crippen LogP contribution in [0.3, 0.4) is 0 Å². The zero-order valence-corrected chi connectivity index (χ0v) is 13.4. The van der Waals surface area contributed by atoms with E-state index in [1.165, 1.54) is 6.92 Å². The molecule has 2 rings (SSSR count). The molecule has 1 aromatic carbocycles.